The summed E-state index contributed by atoms with van der Waals surface area (Å²) in [6, 6.07) is 3.47. The van der Waals surface area contributed by atoms with E-state index in [1.54, 1.807) is 6.92 Å². The fraction of sp³-hybridized carbons (Fsp3) is 0.690. The summed E-state index contributed by atoms with van der Waals surface area (Å²) in [6.45, 7) is 4.12. The van der Waals surface area contributed by atoms with Crippen molar-refractivity contribution in [3.05, 3.63) is 50.0 Å². The van der Waals surface area contributed by atoms with E-state index in [2.05, 4.69) is 6.92 Å². The van der Waals surface area contributed by atoms with E-state index in [0.717, 1.165) is 36.5 Å². The van der Waals surface area contributed by atoms with Gasteiger partial charge in [0.25, 0.3) is 11.2 Å². The fourth-order valence-corrected chi connectivity index (χ4v) is 6.01. The maximum Gasteiger partial charge on any atom is 0.297 e. The van der Waals surface area contributed by atoms with Crippen LogP contribution in [0.4, 0.5) is 5.69 Å². The SMILES string of the molecule is CCCCCCCCCCCCCCCCN(C)S(=O)(=O)c1ccc(-n2oc(C)c(COC)c2=O)c([N+](=O)[O-])c1. The minimum Gasteiger partial charge on any atom is -0.380 e. The molecule has 1 aromatic heterocycles. The second kappa shape index (κ2) is 17.3. The van der Waals surface area contributed by atoms with Crippen molar-refractivity contribution in [1.29, 1.82) is 0 Å². The molecule has 0 fully saturated rings. The molecule has 0 aliphatic heterocycles. The Bertz CT molecular complexity index is 1220. The number of hydrogen-bond acceptors (Lipinski definition) is 7. The number of benzene rings is 1. The zero-order valence-electron chi connectivity index (χ0n) is 24.7. The van der Waals surface area contributed by atoms with Gasteiger partial charge in [-0.1, -0.05) is 90.4 Å². The third kappa shape index (κ3) is 9.85. The van der Waals surface area contributed by atoms with Crippen LogP contribution in [0.1, 0.15) is 108 Å². The topological polar surface area (TPSA) is 125 Å². The molecule has 0 N–H and O–H groups in total. The van der Waals surface area contributed by atoms with Gasteiger partial charge in [-0.3, -0.25) is 14.9 Å². The Balaban J connectivity index is 1.84. The highest BCUT2D eigenvalue weighted by Crippen LogP contribution is 2.28. The third-order valence-electron chi connectivity index (χ3n) is 7.28. The zero-order valence-corrected chi connectivity index (χ0v) is 25.5. The van der Waals surface area contributed by atoms with Crippen molar-refractivity contribution < 1.29 is 22.6 Å². The largest absolute Gasteiger partial charge is 0.380 e. The summed E-state index contributed by atoms with van der Waals surface area (Å²) in [5.41, 5.74) is -1.03. The lowest BCUT2D eigenvalue weighted by Crippen LogP contribution is -2.28. The van der Waals surface area contributed by atoms with E-state index in [-0.39, 0.29) is 28.5 Å². The Hall–Kier alpha value is -2.50. The Morgan fingerprint density at radius 3 is 1.98 bits per heavy atom. The van der Waals surface area contributed by atoms with Crippen LogP contribution >= 0.6 is 0 Å². The van der Waals surface area contributed by atoms with Crippen LogP contribution in [0.15, 0.2) is 32.4 Å². The molecule has 0 amide bonds. The average Bonchev–Trinajstić information content (AvgIpc) is 3.21. The summed E-state index contributed by atoms with van der Waals surface area (Å²) < 4.78 is 38.7. The van der Waals surface area contributed by atoms with Gasteiger partial charge in [0.05, 0.1) is 22.0 Å². The van der Waals surface area contributed by atoms with Gasteiger partial charge in [-0.2, -0.15) is 0 Å². The molecule has 2 aromatic rings. The van der Waals surface area contributed by atoms with Crippen LogP contribution in [-0.2, 0) is 21.4 Å². The predicted molar refractivity (Wildman–Crippen MR) is 157 cm³/mol. The van der Waals surface area contributed by atoms with Gasteiger partial charge < -0.3 is 9.26 Å². The van der Waals surface area contributed by atoms with Crippen LogP contribution in [0.3, 0.4) is 0 Å². The van der Waals surface area contributed by atoms with Crippen molar-refractivity contribution in [2.75, 3.05) is 20.7 Å². The molecule has 0 bridgehead atoms. The Kier molecular flexibility index (Phi) is 14.6. The van der Waals surface area contributed by atoms with E-state index >= 15 is 0 Å². The number of methoxy groups -OCH3 is 1. The van der Waals surface area contributed by atoms with Gasteiger partial charge >= 0.3 is 0 Å². The van der Waals surface area contributed by atoms with Crippen LogP contribution in [0, 0.1) is 17.0 Å². The van der Waals surface area contributed by atoms with E-state index in [1.807, 2.05) is 0 Å². The van der Waals surface area contributed by atoms with E-state index < -0.39 is 26.2 Å². The smallest absolute Gasteiger partial charge is 0.297 e. The van der Waals surface area contributed by atoms with Crippen LogP contribution in [0.25, 0.3) is 5.69 Å². The number of aryl methyl sites for hydroxylation is 1. The van der Waals surface area contributed by atoms with Crippen LogP contribution in [-0.4, -0.2) is 43.1 Å². The number of sulfonamides is 1. The van der Waals surface area contributed by atoms with Gasteiger partial charge in [-0.25, -0.2) is 12.7 Å². The second-order valence-electron chi connectivity index (χ2n) is 10.5. The van der Waals surface area contributed by atoms with Crippen molar-refractivity contribution in [3.63, 3.8) is 0 Å². The number of rotatable bonds is 21. The lowest BCUT2D eigenvalue weighted by molar-refractivity contribution is -0.385. The van der Waals surface area contributed by atoms with Gasteiger partial charge in [-0.15, -0.1) is 4.74 Å². The molecule has 2 rings (SSSR count). The summed E-state index contributed by atoms with van der Waals surface area (Å²) in [5, 5.41) is 11.8. The molecule has 0 unspecified atom stereocenters. The Morgan fingerprint density at radius 2 is 1.48 bits per heavy atom. The molecule has 0 spiro atoms. The number of nitro benzene ring substituents is 1. The van der Waals surface area contributed by atoms with Crippen LogP contribution in [0.2, 0.25) is 0 Å². The maximum absolute atomic E-state index is 13.1. The van der Waals surface area contributed by atoms with E-state index in [9.17, 15) is 23.3 Å². The second-order valence-corrected chi connectivity index (χ2v) is 12.5. The highest BCUT2D eigenvalue weighted by atomic mass is 32.2. The molecular weight excluding hydrogens is 534 g/mol. The summed E-state index contributed by atoms with van der Waals surface area (Å²) >= 11 is 0. The summed E-state index contributed by atoms with van der Waals surface area (Å²) in [7, 11) is -1.04. The molecule has 1 heterocycles. The van der Waals surface area contributed by atoms with E-state index in [0.29, 0.717) is 6.54 Å². The monoisotopic (exact) mass is 581 g/mol. The Morgan fingerprint density at radius 1 is 0.950 bits per heavy atom. The average molecular weight is 582 g/mol. The van der Waals surface area contributed by atoms with Crippen molar-refractivity contribution in [2.24, 2.45) is 0 Å². The predicted octanol–water partition coefficient (Wildman–Crippen LogP) is 6.90. The first-order valence-electron chi connectivity index (χ1n) is 14.6. The first kappa shape index (κ1) is 33.7. The van der Waals surface area contributed by atoms with Crippen molar-refractivity contribution in [2.45, 2.75) is 115 Å². The van der Waals surface area contributed by atoms with E-state index in [1.165, 1.54) is 94.8 Å². The lowest BCUT2D eigenvalue weighted by atomic mass is 10.0. The number of unbranched alkanes of at least 4 members (excludes halogenated alkanes) is 13. The summed E-state index contributed by atoms with van der Waals surface area (Å²) in [4.78, 5) is 23.6. The molecule has 226 valence electrons. The number of nitrogens with zero attached hydrogens (tertiary/aromatic N) is 3. The summed E-state index contributed by atoms with van der Waals surface area (Å²) in [6.07, 6.45) is 17.0. The highest BCUT2D eigenvalue weighted by Gasteiger charge is 2.28. The van der Waals surface area contributed by atoms with Crippen LogP contribution in [0.5, 0.6) is 0 Å². The molecule has 10 nitrogen and oxygen atoms in total. The lowest BCUT2D eigenvalue weighted by Gasteiger charge is -2.17. The number of ether oxygens (including phenoxy) is 1. The van der Waals surface area contributed by atoms with Gasteiger partial charge in [-0.05, 0) is 25.5 Å². The minimum atomic E-state index is -3.94. The first-order chi connectivity index (χ1) is 19.1. The molecule has 1 aromatic carbocycles. The fourth-order valence-electron chi connectivity index (χ4n) is 4.78. The number of aromatic nitrogens is 1. The third-order valence-corrected chi connectivity index (χ3v) is 9.13. The number of hydrogen-bond donors (Lipinski definition) is 0. The first-order valence-corrected chi connectivity index (χ1v) is 16.0. The van der Waals surface area contributed by atoms with Gasteiger partial charge in [0.15, 0.2) is 5.69 Å². The van der Waals surface area contributed by atoms with E-state index in [4.69, 9.17) is 9.26 Å². The number of nitro groups is 1. The van der Waals surface area contributed by atoms with Crippen LogP contribution < -0.4 is 5.56 Å². The molecule has 0 aliphatic rings. The quantitative estimate of drug-likeness (QED) is 0.0892. The maximum atomic E-state index is 13.1. The molecular formula is C29H47N3O7S. The molecule has 0 aliphatic carbocycles. The molecule has 0 saturated heterocycles. The van der Waals surface area contributed by atoms with Gasteiger partial charge in [0, 0.05) is 26.8 Å². The van der Waals surface area contributed by atoms with Crippen molar-refractivity contribution >= 4 is 15.7 Å². The minimum absolute atomic E-state index is 0.00846. The molecule has 0 atom stereocenters. The van der Waals surface area contributed by atoms with Gasteiger partial charge in [0.2, 0.25) is 10.0 Å². The molecule has 0 radical (unpaired) electrons. The molecule has 40 heavy (non-hydrogen) atoms. The zero-order chi connectivity index (χ0) is 29.5. The van der Waals surface area contributed by atoms with Crippen molar-refractivity contribution in [3.8, 4) is 5.69 Å². The molecule has 11 heteroatoms. The Labute approximate surface area is 238 Å². The highest BCUT2D eigenvalue weighted by molar-refractivity contribution is 7.89. The normalized spacial score (nSPS) is 11.9. The molecule has 0 saturated carbocycles. The van der Waals surface area contributed by atoms with Gasteiger partial charge in [0.1, 0.15) is 5.76 Å². The summed E-state index contributed by atoms with van der Waals surface area (Å²) in [5.74, 6) is 0.269. The standard InChI is InChI=1S/C29H47N3O7S/c1-5-6-7-8-9-10-11-12-13-14-15-16-17-18-21-30(3)40(36,37)25-19-20-27(28(22-25)32(34)35)31-29(33)26(23-38-4)24(2)39-31/h19-20,22H,5-18,21,23H2,1-4H3. The van der Waals surface area contributed by atoms with Crippen molar-refractivity contribution in [1.82, 2.24) is 9.05 Å².